The van der Waals surface area contributed by atoms with Gasteiger partial charge in [0.1, 0.15) is 28.4 Å². The van der Waals surface area contributed by atoms with Crippen LogP contribution >= 0.6 is 11.6 Å². The molecule has 1 atom stereocenters. The summed E-state index contributed by atoms with van der Waals surface area (Å²) in [6, 6.07) is 8.87. The first-order valence-corrected chi connectivity index (χ1v) is 13.4. The molecule has 0 radical (unpaired) electrons. The summed E-state index contributed by atoms with van der Waals surface area (Å²) in [5.74, 6) is -2.63. The van der Waals surface area contributed by atoms with E-state index in [2.05, 4.69) is 15.0 Å². The molecule has 0 N–H and O–H groups in total. The molecule has 3 heterocycles. The maximum Gasteiger partial charge on any atom is 0.410 e. The summed E-state index contributed by atoms with van der Waals surface area (Å²) in [4.78, 5) is 28.0. The van der Waals surface area contributed by atoms with Gasteiger partial charge in [0.25, 0.3) is 6.43 Å². The zero-order valence-corrected chi connectivity index (χ0v) is 23.6. The minimum atomic E-state index is -3.12. The number of nitriles is 1. The number of ether oxygens (including phenoxy) is 1. The van der Waals surface area contributed by atoms with Crippen molar-refractivity contribution in [2.75, 3.05) is 24.5 Å². The Hall–Kier alpha value is -4.24. The normalized spacial score (nSPS) is 15.9. The molecule has 0 bridgehead atoms. The van der Waals surface area contributed by atoms with Gasteiger partial charge in [0.05, 0.1) is 28.9 Å². The standard InChI is InChI=1S/C29H25ClF4N6O2/c1-29(2,3)42-28(41)40-12-11-39(14-16(40)9-10-35)27-18-13-36-23(22(32)24(18)37-26(38-27)25(33)34)17-6-4-5-15-7-8-19(31)21(30)20(15)17/h4-8,13,16,25H,9,11-12,14H2,1-3H3/t16-/m0/s1. The Balaban J connectivity index is 1.61. The molecule has 5 rings (SSSR count). The zero-order chi connectivity index (χ0) is 30.3. The van der Waals surface area contributed by atoms with Crippen molar-refractivity contribution in [2.45, 2.75) is 45.3 Å². The molecular formula is C29H25ClF4N6O2. The lowest BCUT2D eigenvalue weighted by atomic mass is 10.0. The van der Waals surface area contributed by atoms with Crippen LogP contribution in [0.5, 0.6) is 0 Å². The van der Waals surface area contributed by atoms with E-state index in [0.717, 1.165) is 0 Å². The molecule has 0 spiro atoms. The SMILES string of the molecule is CC(C)(C)OC(=O)N1CCN(c2nc(C(F)F)nc3c(F)c(-c4cccc5ccc(F)c(Cl)c45)ncc23)C[C@@H]1CC#N. The lowest BCUT2D eigenvalue weighted by Gasteiger charge is -2.41. The van der Waals surface area contributed by atoms with Gasteiger partial charge in [0, 0.05) is 36.8 Å². The van der Waals surface area contributed by atoms with Gasteiger partial charge < -0.3 is 14.5 Å². The summed E-state index contributed by atoms with van der Waals surface area (Å²) in [6.07, 6.45) is -2.52. The topological polar surface area (TPSA) is 95.2 Å². The van der Waals surface area contributed by atoms with E-state index in [1.165, 1.54) is 29.3 Å². The van der Waals surface area contributed by atoms with Gasteiger partial charge in [-0.15, -0.1) is 0 Å². The fourth-order valence-electron chi connectivity index (χ4n) is 4.98. The number of carbonyl (C=O) groups is 1. The number of fused-ring (bicyclic) bond motifs is 2. The average Bonchev–Trinajstić information content (AvgIpc) is 2.94. The van der Waals surface area contributed by atoms with Crippen LogP contribution in [0.4, 0.5) is 28.2 Å². The van der Waals surface area contributed by atoms with Crippen molar-refractivity contribution in [1.82, 2.24) is 19.9 Å². The average molecular weight is 601 g/mol. The van der Waals surface area contributed by atoms with Crippen LogP contribution in [0.15, 0.2) is 36.5 Å². The highest BCUT2D eigenvalue weighted by atomic mass is 35.5. The van der Waals surface area contributed by atoms with E-state index in [1.807, 2.05) is 6.07 Å². The maximum atomic E-state index is 16.2. The van der Waals surface area contributed by atoms with Gasteiger partial charge in [-0.2, -0.15) is 5.26 Å². The lowest BCUT2D eigenvalue weighted by Crippen LogP contribution is -2.56. The van der Waals surface area contributed by atoms with Crippen LogP contribution < -0.4 is 4.90 Å². The molecule has 1 saturated heterocycles. The van der Waals surface area contributed by atoms with Crippen molar-refractivity contribution in [3.05, 3.63) is 59.0 Å². The van der Waals surface area contributed by atoms with Crippen LogP contribution in [-0.2, 0) is 4.74 Å². The molecule has 1 aliphatic rings. The van der Waals surface area contributed by atoms with E-state index in [4.69, 9.17) is 16.3 Å². The molecule has 1 aliphatic heterocycles. The molecule has 13 heteroatoms. The van der Waals surface area contributed by atoms with E-state index in [9.17, 15) is 23.2 Å². The van der Waals surface area contributed by atoms with Gasteiger partial charge in [-0.1, -0.05) is 35.9 Å². The zero-order valence-electron chi connectivity index (χ0n) is 22.8. The summed E-state index contributed by atoms with van der Waals surface area (Å²) in [5.41, 5.74) is -1.25. The number of halogens is 5. The molecule has 1 fully saturated rings. The third-order valence-electron chi connectivity index (χ3n) is 6.80. The fourth-order valence-corrected chi connectivity index (χ4v) is 5.25. The number of benzene rings is 2. The number of alkyl halides is 2. The summed E-state index contributed by atoms with van der Waals surface area (Å²) >= 11 is 6.24. The lowest BCUT2D eigenvalue weighted by molar-refractivity contribution is 0.0145. The largest absolute Gasteiger partial charge is 0.444 e. The quantitative estimate of drug-likeness (QED) is 0.232. The Labute approximate surface area is 243 Å². The van der Waals surface area contributed by atoms with Crippen molar-refractivity contribution >= 4 is 45.2 Å². The third-order valence-corrected chi connectivity index (χ3v) is 7.17. The van der Waals surface area contributed by atoms with Crippen molar-refractivity contribution in [3.63, 3.8) is 0 Å². The molecule has 8 nitrogen and oxygen atoms in total. The number of pyridine rings is 1. The smallest absolute Gasteiger partial charge is 0.410 e. The minimum Gasteiger partial charge on any atom is -0.444 e. The number of aromatic nitrogens is 3. The highest BCUT2D eigenvalue weighted by Gasteiger charge is 2.35. The molecule has 0 unspecified atom stereocenters. The van der Waals surface area contributed by atoms with Gasteiger partial charge in [-0.05, 0) is 32.2 Å². The number of rotatable bonds is 4. The second-order valence-electron chi connectivity index (χ2n) is 10.8. The monoisotopic (exact) mass is 600 g/mol. The van der Waals surface area contributed by atoms with Crippen LogP contribution in [0, 0.1) is 23.0 Å². The van der Waals surface area contributed by atoms with Crippen molar-refractivity contribution < 1.29 is 27.1 Å². The number of nitrogens with zero attached hydrogens (tertiary/aromatic N) is 6. The molecule has 1 amide bonds. The van der Waals surface area contributed by atoms with Crippen molar-refractivity contribution in [1.29, 1.82) is 5.26 Å². The van der Waals surface area contributed by atoms with Gasteiger partial charge in [-0.3, -0.25) is 4.98 Å². The van der Waals surface area contributed by atoms with E-state index < -0.39 is 47.1 Å². The number of anilines is 1. The molecular weight excluding hydrogens is 576 g/mol. The van der Waals surface area contributed by atoms with Crippen LogP contribution in [0.25, 0.3) is 32.9 Å². The first-order valence-electron chi connectivity index (χ1n) is 13.0. The second-order valence-corrected chi connectivity index (χ2v) is 11.2. The number of hydrogen-bond donors (Lipinski definition) is 0. The maximum absolute atomic E-state index is 16.2. The number of piperazine rings is 1. The molecule has 2 aromatic carbocycles. The van der Waals surface area contributed by atoms with Crippen LogP contribution in [0.1, 0.15) is 39.4 Å². The molecule has 218 valence electrons. The van der Waals surface area contributed by atoms with Crippen LogP contribution in [0.3, 0.4) is 0 Å². The Morgan fingerprint density at radius 1 is 1.19 bits per heavy atom. The fraction of sp³-hybridized carbons (Fsp3) is 0.345. The van der Waals surface area contributed by atoms with Crippen molar-refractivity contribution in [3.8, 4) is 17.3 Å². The third kappa shape index (κ3) is 5.48. The van der Waals surface area contributed by atoms with E-state index in [1.54, 1.807) is 37.8 Å². The number of hydrogen-bond acceptors (Lipinski definition) is 7. The van der Waals surface area contributed by atoms with Gasteiger partial charge in [-0.25, -0.2) is 32.3 Å². The van der Waals surface area contributed by atoms with Crippen molar-refractivity contribution in [2.24, 2.45) is 0 Å². The summed E-state index contributed by atoms with van der Waals surface area (Å²) < 4.78 is 63.9. The van der Waals surface area contributed by atoms with Crippen LogP contribution in [-0.4, -0.2) is 57.2 Å². The van der Waals surface area contributed by atoms with E-state index in [-0.39, 0.29) is 58.9 Å². The number of carbonyl (C=O) groups excluding carboxylic acids is 1. The van der Waals surface area contributed by atoms with E-state index in [0.29, 0.717) is 5.39 Å². The van der Waals surface area contributed by atoms with Gasteiger partial charge in [0.15, 0.2) is 11.6 Å². The Kier molecular flexibility index (Phi) is 7.81. The Morgan fingerprint density at radius 2 is 1.95 bits per heavy atom. The summed E-state index contributed by atoms with van der Waals surface area (Å²) in [5, 5.41) is 9.99. The molecule has 2 aromatic heterocycles. The molecule has 0 saturated carbocycles. The van der Waals surface area contributed by atoms with Gasteiger partial charge >= 0.3 is 6.09 Å². The summed E-state index contributed by atoms with van der Waals surface area (Å²) in [6.45, 7) is 5.44. The Morgan fingerprint density at radius 3 is 2.64 bits per heavy atom. The highest BCUT2D eigenvalue weighted by Crippen LogP contribution is 2.38. The molecule has 42 heavy (non-hydrogen) atoms. The number of amides is 1. The predicted molar refractivity (Wildman–Crippen MR) is 149 cm³/mol. The highest BCUT2D eigenvalue weighted by molar-refractivity contribution is 6.36. The first kappa shape index (κ1) is 29.3. The molecule has 0 aliphatic carbocycles. The van der Waals surface area contributed by atoms with E-state index >= 15 is 4.39 Å². The van der Waals surface area contributed by atoms with Gasteiger partial charge in [0.2, 0.25) is 0 Å². The second kappa shape index (κ2) is 11.2. The minimum absolute atomic E-state index is 0.0120. The molecule has 4 aromatic rings. The Bertz CT molecular complexity index is 1740. The predicted octanol–water partition coefficient (Wildman–Crippen LogP) is 7.05. The van der Waals surface area contributed by atoms with Crippen LogP contribution in [0.2, 0.25) is 5.02 Å². The first-order chi connectivity index (χ1) is 19.9. The summed E-state index contributed by atoms with van der Waals surface area (Å²) in [7, 11) is 0.